The van der Waals surface area contributed by atoms with E-state index in [0.29, 0.717) is 12.1 Å². The lowest BCUT2D eigenvalue weighted by atomic mass is 10.00. The molecular weight excluding hydrogens is 262 g/mol. The number of hydrogen-bond donors (Lipinski definition) is 1. The van der Waals surface area contributed by atoms with Gasteiger partial charge < -0.3 is 15.4 Å². The second-order valence-electron chi connectivity index (χ2n) is 6.68. The Morgan fingerprint density at radius 1 is 0.857 bits per heavy atom. The molecule has 4 heteroatoms. The molecule has 2 bridgehead atoms. The van der Waals surface area contributed by atoms with Crippen LogP contribution in [0.2, 0.25) is 0 Å². The van der Waals surface area contributed by atoms with Gasteiger partial charge >= 0.3 is 0 Å². The zero-order chi connectivity index (χ0) is 14.2. The summed E-state index contributed by atoms with van der Waals surface area (Å²) in [6.45, 7) is 4.22. The summed E-state index contributed by atoms with van der Waals surface area (Å²) >= 11 is 0. The predicted octanol–water partition coefficient (Wildman–Crippen LogP) is 2.10. The molecule has 21 heavy (non-hydrogen) atoms. The van der Waals surface area contributed by atoms with Gasteiger partial charge in [0.15, 0.2) is 0 Å². The first kappa shape index (κ1) is 13.4. The van der Waals surface area contributed by atoms with Gasteiger partial charge in [-0.25, -0.2) is 0 Å². The molecule has 0 saturated carbocycles. The van der Waals surface area contributed by atoms with Crippen molar-refractivity contribution < 1.29 is 4.74 Å². The Hall–Kier alpha value is -1.26. The van der Waals surface area contributed by atoms with Crippen molar-refractivity contribution in [2.24, 2.45) is 0 Å². The fourth-order valence-corrected chi connectivity index (χ4v) is 4.36. The van der Waals surface area contributed by atoms with Crippen molar-refractivity contribution in [1.29, 1.82) is 0 Å². The van der Waals surface area contributed by atoms with E-state index in [0.717, 1.165) is 38.0 Å². The Labute approximate surface area is 126 Å². The summed E-state index contributed by atoms with van der Waals surface area (Å²) in [4.78, 5) is 5.29. The molecule has 4 nitrogen and oxygen atoms in total. The first-order chi connectivity index (χ1) is 10.3. The summed E-state index contributed by atoms with van der Waals surface area (Å²) in [7, 11) is 0. The highest BCUT2D eigenvalue weighted by Gasteiger charge is 2.41. The van der Waals surface area contributed by atoms with Crippen LogP contribution in [0.15, 0.2) is 24.3 Å². The minimum absolute atomic E-state index is 0.692. The maximum atomic E-state index is 5.78. The minimum atomic E-state index is 0.692. The van der Waals surface area contributed by atoms with E-state index in [1.54, 1.807) is 0 Å². The van der Waals surface area contributed by atoms with Crippen molar-refractivity contribution >= 4 is 11.4 Å². The van der Waals surface area contributed by atoms with Gasteiger partial charge in [-0.2, -0.15) is 0 Å². The molecule has 0 aliphatic carbocycles. The highest BCUT2D eigenvalue weighted by molar-refractivity contribution is 5.53. The number of nitrogen functional groups attached to an aromatic ring is 1. The van der Waals surface area contributed by atoms with Crippen LogP contribution >= 0.6 is 0 Å². The highest BCUT2D eigenvalue weighted by atomic mass is 16.5. The summed E-state index contributed by atoms with van der Waals surface area (Å²) in [5.41, 5.74) is 7.93. The average Bonchev–Trinajstić information content (AvgIpc) is 2.77. The normalized spacial score (nSPS) is 30.8. The van der Waals surface area contributed by atoms with Crippen LogP contribution < -0.4 is 10.6 Å². The third-order valence-electron chi connectivity index (χ3n) is 5.44. The molecule has 114 valence electrons. The van der Waals surface area contributed by atoms with Crippen LogP contribution in [-0.4, -0.2) is 49.3 Å². The molecule has 2 atom stereocenters. The number of benzene rings is 1. The SMILES string of the molecule is Nc1ccc(N2CCC(N3C4CCC3COC4)CC2)cc1. The molecule has 2 unspecified atom stereocenters. The van der Waals surface area contributed by atoms with Gasteiger partial charge in [-0.3, -0.25) is 4.90 Å². The standard InChI is InChI=1S/C17H25N3O/c18-13-1-3-14(4-2-13)19-9-7-15(8-10-19)20-16-5-6-17(20)12-21-11-16/h1-4,15-17H,5-12,18H2. The number of nitrogens with two attached hydrogens (primary N) is 1. The monoisotopic (exact) mass is 287 g/mol. The molecule has 0 amide bonds. The number of ether oxygens (including phenoxy) is 1. The fourth-order valence-electron chi connectivity index (χ4n) is 4.36. The minimum Gasteiger partial charge on any atom is -0.399 e. The van der Waals surface area contributed by atoms with Crippen molar-refractivity contribution in [1.82, 2.24) is 4.90 Å². The van der Waals surface area contributed by atoms with Crippen LogP contribution in [0.1, 0.15) is 25.7 Å². The molecule has 3 fully saturated rings. The van der Waals surface area contributed by atoms with Crippen LogP contribution in [0.25, 0.3) is 0 Å². The number of morpholine rings is 1. The van der Waals surface area contributed by atoms with E-state index in [-0.39, 0.29) is 0 Å². The number of fused-ring (bicyclic) bond motifs is 2. The Morgan fingerprint density at radius 3 is 2.10 bits per heavy atom. The van der Waals surface area contributed by atoms with Gasteiger partial charge in [0.25, 0.3) is 0 Å². The van der Waals surface area contributed by atoms with Gasteiger partial charge in [0, 0.05) is 42.6 Å². The molecular formula is C17H25N3O. The van der Waals surface area contributed by atoms with Gasteiger partial charge in [0.1, 0.15) is 0 Å². The third kappa shape index (κ3) is 2.51. The van der Waals surface area contributed by atoms with E-state index >= 15 is 0 Å². The fraction of sp³-hybridized carbons (Fsp3) is 0.647. The predicted molar refractivity (Wildman–Crippen MR) is 85.6 cm³/mol. The largest absolute Gasteiger partial charge is 0.399 e. The number of rotatable bonds is 2. The lowest BCUT2D eigenvalue weighted by Gasteiger charge is -2.44. The summed E-state index contributed by atoms with van der Waals surface area (Å²) in [6.07, 6.45) is 5.22. The summed E-state index contributed by atoms with van der Waals surface area (Å²) in [6, 6.07) is 10.4. The second-order valence-corrected chi connectivity index (χ2v) is 6.68. The zero-order valence-electron chi connectivity index (χ0n) is 12.6. The van der Waals surface area contributed by atoms with Crippen LogP contribution in [0, 0.1) is 0 Å². The Kier molecular flexibility index (Phi) is 3.51. The Morgan fingerprint density at radius 2 is 1.48 bits per heavy atom. The Balaban J connectivity index is 1.39. The van der Waals surface area contributed by atoms with Crippen LogP contribution in [-0.2, 0) is 4.74 Å². The van der Waals surface area contributed by atoms with E-state index in [4.69, 9.17) is 10.5 Å². The smallest absolute Gasteiger partial charge is 0.0622 e. The van der Waals surface area contributed by atoms with Gasteiger partial charge in [0.05, 0.1) is 13.2 Å². The first-order valence-corrected chi connectivity index (χ1v) is 8.27. The summed E-state index contributed by atoms with van der Waals surface area (Å²) in [5, 5.41) is 0. The topological polar surface area (TPSA) is 41.7 Å². The van der Waals surface area contributed by atoms with Crippen molar-refractivity contribution in [3.8, 4) is 0 Å². The van der Waals surface area contributed by atoms with Crippen molar-refractivity contribution in [2.75, 3.05) is 36.9 Å². The van der Waals surface area contributed by atoms with E-state index in [1.807, 2.05) is 12.1 Å². The quantitative estimate of drug-likeness (QED) is 0.846. The molecule has 4 rings (SSSR count). The molecule has 1 aromatic rings. The molecule has 3 heterocycles. The molecule has 0 aromatic heterocycles. The van der Waals surface area contributed by atoms with Crippen molar-refractivity contribution in [3.05, 3.63) is 24.3 Å². The lowest BCUT2D eigenvalue weighted by molar-refractivity contribution is -0.0407. The zero-order valence-corrected chi connectivity index (χ0v) is 12.6. The highest BCUT2D eigenvalue weighted by Crippen LogP contribution is 2.34. The van der Waals surface area contributed by atoms with Gasteiger partial charge in [-0.1, -0.05) is 0 Å². The van der Waals surface area contributed by atoms with E-state index < -0.39 is 0 Å². The number of hydrogen-bond acceptors (Lipinski definition) is 4. The van der Waals surface area contributed by atoms with Gasteiger partial charge in [-0.05, 0) is 49.9 Å². The Bertz CT molecular complexity index is 465. The summed E-state index contributed by atoms with van der Waals surface area (Å²) in [5.74, 6) is 0. The van der Waals surface area contributed by atoms with E-state index in [1.165, 1.54) is 31.4 Å². The molecule has 3 aliphatic heterocycles. The van der Waals surface area contributed by atoms with Gasteiger partial charge in [-0.15, -0.1) is 0 Å². The molecule has 3 saturated heterocycles. The molecule has 1 aromatic carbocycles. The van der Waals surface area contributed by atoms with E-state index in [2.05, 4.69) is 21.9 Å². The first-order valence-electron chi connectivity index (χ1n) is 8.27. The number of anilines is 2. The number of piperidine rings is 1. The average molecular weight is 287 g/mol. The third-order valence-corrected chi connectivity index (χ3v) is 5.44. The van der Waals surface area contributed by atoms with Crippen LogP contribution in [0.3, 0.4) is 0 Å². The van der Waals surface area contributed by atoms with Crippen LogP contribution in [0.5, 0.6) is 0 Å². The number of nitrogens with zero attached hydrogens (tertiary/aromatic N) is 2. The summed E-state index contributed by atoms with van der Waals surface area (Å²) < 4.78 is 5.72. The molecule has 0 spiro atoms. The molecule has 0 radical (unpaired) electrons. The van der Waals surface area contributed by atoms with Crippen LogP contribution in [0.4, 0.5) is 11.4 Å². The second kappa shape index (κ2) is 5.50. The van der Waals surface area contributed by atoms with Crippen molar-refractivity contribution in [3.63, 3.8) is 0 Å². The lowest BCUT2D eigenvalue weighted by Crippen LogP contribution is -2.54. The maximum Gasteiger partial charge on any atom is 0.0622 e. The molecule has 3 aliphatic rings. The maximum absolute atomic E-state index is 5.78. The molecule has 2 N–H and O–H groups in total. The van der Waals surface area contributed by atoms with Gasteiger partial charge in [0.2, 0.25) is 0 Å². The van der Waals surface area contributed by atoms with E-state index in [9.17, 15) is 0 Å². The van der Waals surface area contributed by atoms with Crippen molar-refractivity contribution in [2.45, 2.75) is 43.8 Å².